The maximum absolute atomic E-state index is 4.88. The average Bonchev–Trinajstić information content (AvgIpc) is 1.86. The van der Waals surface area contributed by atoms with Gasteiger partial charge in [-0.15, -0.1) is 0 Å². The second kappa shape index (κ2) is 2.23. The Morgan fingerprint density at radius 3 is 2.83 bits per heavy atom. The Balaban J connectivity index is 3.41. The molecule has 0 unspecified atom stereocenters. The third-order valence-corrected chi connectivity index (χ3v) is 5.12. The number of rotatable bonds is 0. The van der Waals surface area contributed by atoms with Crippen molar-refractivity contribution in [2.45, 2.75) is 0 Å². The summed E-state index contributed by atoms with van der Waals surface area (Å²) in [4.78, 5) is 0. The van der Waals surface area contributed by atoms with E-state index in [-0.39, 0.29) is 20.4 Å². The standard InChI is InChI=1S/C3H2S2Te/c4-3-5-1-2-6-3/h1-2H. The Labute approximate surface area is 55.1 Å². The Morgan fingerprint density at radius 1 is 1.83 bits per heavy atom. The van der Waals surface area contributed by atoms with E-state index in [0.717, 1.165) is 0 Å². The summed E-state index contributed by atoms with van der Waals surface area (Å²) in [6, 6.07) is 0. The molecule has 0 fully saturated rings. The third-order valence-electron chi connectivity index (χ3n) is 0.384. The van der Waals surface area contributed by atoms with Crippen molar-refractivity contribution in [3.8, 4) is 0 Å². The van der Waals surface area contributed by atoms with Crippen molar-refractivity contribution >= 4 is 44.0 Å². The van der Waals surface area contributed by atoms with Gasteiger partial charge in [-0.05, 0) is 0 Å². The second-order valence-corrected chi connectivity index (χ2v) is 6.57. The van der Waals surface area contributed by atoms with Gasteiger partial charge in [-0.2, -0.15) is 0 Å². The summed E-state index contributed by atoms with van der Waals surface area (Å²) in [5.41, 5.74) is 0. The molecule has 6 heavy (non-hydrogen) atoms. The van der Waals surface area contributed by atoms with Crippen molar-refractivity contribution in [1.29, 1.82) is 0 Å². The van der Waals surface area contributed by atoms with Crippen LogP contribution in [0, 0.1) is 1.84 Å². The quantitative estimate of drug-likeness (QED) is 0.481. The van der Waals surface area contributed by atoms with Crippen LogP contribution in [-0.2, 0) is 0 Å². The first-order valence-electron chi connectivity index (χ1n) is 1.42. The van der Waals surface area contributed by atoms with Crippen molar-refractivity contribution in [3.63, 3.8) is 0 Å². The predicted octanol–water partition coefficient (Wildman–Crippen LogP) is 1.53. The van der Waals surface area contributed by atoms with Gasteiger partial charge in [0.2, 0.25) is 0 Å². The first-order valence-corrected chi connectivity index (χ1v) is 5.22. The first kappa shape index (κ1) is 4.99. The third kappa shape index (κ3) is 1.16. The molecular formula is C3H2S2Te. The van der Waals surface area contributed by atoms with Gasteiger partial charge in [-0.1, -0.05) is 0 Å². The van der Waals surface area contributed by atoms with Crippen molar-refractivity contribution in [2.75, 3.05) is 0 Å². The van der Waals surface area contributed by atoms with E-state index in [1.165, 1.54) is 1.84 Å². The first-order chi connectivity index (χ1) is 2.89. The van der Waals surface area contributed by atoms with Crippen LogP contribution < -0.4 is 0 Å². The van der Waals surface area contributed by atoms with E-state index in [1.54, 1.807) is 11.3 Å². The van der Waals surface area contributed by atoms with E-state index in [1.807, 2.05) is 0 Å². The summed E-state index contributed by atoms with van der Waals surface area (Å²) in [7, 11) is 0. The number of hydrogen-bond donors (Lipinski definition) is 0. The molecule has 0 aliphatic heterocycles. The van der Waals surface area contributed by atoms with Gasteiger partial charge in [0.05, 0.1) is 0 Å². The monoisotopic (exact) mass is 232 g/mol. The summed E-state index contributed by atoms with van der Waals surface area (Å²) in [6.45, 7) is 0. The molecule has 1 aromatic heterocycles. The van der Waals surface area contributed by atoms with Crippen LogP contribution in [0.1, 0.15) is 0 Å². The fourth-order valence-electron chi connectivity index (χ4n) is 0.194. The van der Waals surface area contributed by atoms with Crippen molar-refractivity contribution in [2.24, 2.45) is 0 Å². The molecule has 0 bridgehead atoms. The van der Waals surface area contributed by atoms with Crippen LogP contribution in [0.25, 0.3) is 0 Å². The maximum atomic E-state index is 4.88. The molecule has 0 saturated carbocycles. The van der Waals surface area contributed by atoms with Gasteiger partial charge in [0.1, 0.15) is 0 Å². The van der Waals surface area contributed by atoms with Gasteiger partial charge < -0.3 is 0 Å². The fourth-order valence-corrected chi connectivity index (χ4v) is 3.60. The molecular weight excluding hydrogens is 228 g/mol. The van der Waals surface area contributed by atoms with Gasteiger partial charge in [-0.3, -0.25) is 0 Å². The Kier molecular flexibility index (Phi) is 1.85. The van der Waals surface area contributed by atoms with Crippen LogP contribution in [0.15, 0.2) is 9.46 Å². The van der Waals surface area contributed by atoms with Gasteiger partial charge in [0, 0.05) is 0 Å². The van der Waals surface area contributed by atoms with E-state index in [2.05, 4.69) is 9.46 Å². The Morgan fingerprint density at radius 2 is 2.67 bits per heavy atom. The molecule has 1 heterocycles. The molecule has 0 amide bonds. The molecule has 0 aromatic carbocycles. The van der Waals surface area contributed by atoms with Crippen molar-refractivity contribution in [1.82, 2.24) is 0 Å². The van der Waals surface area contributed by atoms with E-state index in [0.29, 0.717) is 0 Å². The minimum absolute atomic E-state index is 0.0467. The molecule has 3 heteroatoms. The van der Waals surface area contributed by atoms with E-state index in [4.69, 9.17) is 12.2 Å². The zero-order chi connectivity index (χ0) is 4.41. The van der Waals surface area contributed by atoms with Gasteiger partial charge in [0.15, 0.2) is 0 Å². The molecule has 0 radical (unpaired) electrons. The van der Waals surface area contributed by atoms with E-state index >= 15 is 0 Å². The molecule has 0 N–H and O–H groups in total. The van der Waals surface area contributed by atoms with Crippen LogP contribution in [0.2, 0.25) is 0 Å². The topological polar surface area (TPSA) is 0 Å². The van der Waals surface area contributed by atoms with Crippen LogP contribution in [0.5, 0.6) is 0 Å². The Hall–Kier alpha value is 0.840. The summed E-state index contributed by atoms with van der Waals surface area (Å²) >= 11 is 6.63. The number of hydrogen-bond acceptors (Lipinski definition) is 2. The molecule has 32 valence electrons. The zero-order valence-electron chi connectivity index (χ0n) is 2.88. The SMILES string of the molecule is S=c1scc[te]1. The average molecular weight is 230 g/mol. The zero-order valence-corrected chi connectivity index (χ0v) is 6.84. The predicted molar refractivity (Wildman–Crippen MR) is 32.1 cm³/mol. The van der Waals surface area contributed by atoms with E-state index < -0.39 is 0 Å². The summed E-state index contributed by atoms with van der Waals surface area (Å²) < 4.78 is 3.43. The molecule has 1 aromatic rings. The molecule has 0 nitrogen and oxygen atoms in total. The fraction of sp³-hybridized carbons (Fsp3) is 0. The Bertz CT molecular complexity index is 147. The molecule has 0 atom stereocenters. The van der Waals surface area contributed by atoms with E-state index in [9.17, 15) is 0 Å². The second-order valence-electron chi connectivity index (χ2n) is 0.758. The van der Waals surface area contributed by atoms with Crippen LogP contribution >= 0.6 is 23.6 Å². The molecule has 0 aliphatic carbocycles. The van der Waals surface area contributed by atoms with Crippen LogP contribution in [-0.4, -0.2) is 20.4 Å². The normalized spacial score (nSPS) is 8.67. The molecule has 0 saturated heterocycles. The van der Waals surface area contributed by atoms with Gasteiger partial charge in [0.25, 0.3) is 0 Å². The molecule has 0 spiro atoms. The summed E-state index contributed by atoms with van der Waals surface area (Å²) in [6.07, 6.45) is 0. The summed E-state index contributed by atoms with van der Waals surface area (Å²) in [5.74, 6) is 0. The van der Waals surface area contributed by atoms with Crippen molar-refractivity contribution < 1.29 is 0 Å². The molecule has 1 rings (SSSR count). The van der Waals surface area contributed by atoms with Crippen LogP contribution in [0.3, 0.4) is 0 Å². The van der Waals surface area contributed by atoms with Gasteiger partial charge in [-0.25, -0.2) is 0 Å². The summed E-state index contributed by atoms with van der Waals surface area (Å²) in [5, 5.41) is 2.09. The van der Waals surface area contributed by atoms with Crippen LogP contribution in [0.4, 0.5) is 0 Å². The van der Waals surface area contributed by atoms with Crippen molar-refractivity contribution in [3.05, 3.63) is 11.3 Å². The molecule has 0 aliphatic rings. The van der Waals surface area contributed by atoms with Gasteiger partial charge >= 0.3 is 55.3 Å². The minimum atomic E-state index is 0.0467.